The van der Waals surface area contributed by atoms with Gasteiger partial charge in [0, 0.05) is 8.80 Å². The molecule has 0 N–H and O–H groups in total. The lowest BCUT2D eigenvalue weighted by Crippen LogP contribution is -2.09. The van der Waals surface area contributed by atoms with E-state index in [1.807, 2.05) is 12.1 Å². The Kier molecular flexibility index (Phi) is 11.8. The minimum Gasteiger partial charge on any atom is -0.490 e. The second kappa shape index (κ2) is 14.7. The van der Waals surface area contributed by atoms with Gasteiger partial charge < -0.3 is 9.47 Å². The van der Waals surface area contributed by atoms with E-state index in [0.29, 0.717) is 19.1 Å². The lowest BCUT2D eigenvalue weighted by atomic mass is 9.94. The Balaban J connectivity index is 1.77. The molecule has 0 spiro atoms. The van der Waals surface area contributed by atoms with Gasteiger partial charge in [-0.2, -0.15) is 0 Å². The molecule has 0 amide bonds. The normalized spacial score (nSPS) is 11.8. The number of hydrogen-bond acceptors (Lipinski definition) is 2. The monoisotopic (exact) mass is 436 g/mol. The molecular weight excluding hydrogens is 396 g/mol. The SMILES string of the molecule is C=CCOc1cccc(CCCCCCC(C[SiH](C)C)c2cccc(OCC=C)c2)c1. The summed E-state index contributed by atoms with van der Waals surface area (Å²) in [5, 5.41) is 0. The Morgan fingerprint density at radius 1 is 0.839 bits per heavy atom. The molecule has 0 aromatic heterocycles. The summed E-state index contributed by atoms with van der Waals surface area (Å²) < 4.78 is 11.4. The third kappa shape index (κ3) is 10.1. The van der Waals surface area contributed by atoms with Crippen LogP contribution in [0.2, 0.25) is 19.1 Å². The molecule has 0 bridgehead atoms. The van der Waals surface area contributed by atoms with Crippen molar-refractivity contribution >= 4 is 8.80 Å². The van der Waals surface area contributed by atoms with Crippen LogP contribution in [0.1, 0.15) is 49.1 Å². The lowest BCUT2D eigenvalue weighted by molar-refractivity contribution is 0.362. The van der Waals surface area contributed by atoms with Gasteiger partial charge in [-0.15, -0.1) is 0 Å². The fourth-order valence-electron chi connectivity index (χ4n) is 4.02. The molecule has 0 aliphatic carbocycles. The van der Waals surface area contributed by atoms with Gasteiger partial charge in [0.25, 0.3) is 0 Å². The second-order valence-corrected chi connectivity index (χ2v) is 12.0. The first kappa shape index (κ1) is 25.0. The smallest absolute Gasteiger partial charge is 0.120 e. The van der Waals surface area contributed by atoms with E-state index >= 15 is 0 Å². The highest BCUT2D eigenvalue weighted by molar-refractivity contribution is 6.55. The van der Waals surface area contributed by atoms with Crippen LogP contribution >= 0.6 is 0 Å². The number of ether oxygens (including phenoxy) is 2. The minimum absolute atomic E-state index is 0.563. The predicted molar refractivity (Wildman–Crippen MR) is 137 cm³/mol. The molecule has 0 saturated heterocycles. The van der Waals surface area contributed by atoms with E-state index in [2.05, 4.69) is 62.7 Å². The van der Waals surface area contributed by atoms with Crippen LogP contribution in [-0.4, -0.2) is 22.0 Å². The van der Waals surface area contributed by atoms with Crippen LogP contribution in [0.4, 0.5) is 0 Å². The molecule has 2 aromatic carbocycles. The molecule has 2 aromatic rings. The van der Waals surface area contributed by atoms with Crippen LogP contribution in [0, 0.1) is 0 Å². The van der Waals surface area contributed by atoms with Crippen molar-refractivity contribution < 1.29 is 9.47 Å². The molecule has 0 aliphatic rings. The van der Waals surface area contributed by atoms with E-state index < -0.39 is 8.80 Å². The van der Waals surface area contributed by atoms with Gasteiger partial charge in [-0.25, -0.2) is 0 Å². The average Bonchev–Trinajstić information content (AvgIpc) is 2.78. The topological polar surface area (TPSA) is 18.5 Å². The molecule has 168 valence electrons. The standard InChI is InChI=1S/C28H40O2Si/c1-5-19-29-27-17-11-14-24(21-27)13-9-7-8-10-15-26(23-31(3)4)25-16-12-18-28(22-25)30-20-6-2/h5-6,11-12,14,16-18,21-22,26,31H,1-2,7-10,13,15,19-20,23H2,3-4H3. The van der Waals surface area contributed by atoms with Crippen molar-refractivity contribution in [3.63, 3.8) is 0 Å². The first-order valence-corrected chi connectivity index (χ1v) is 14.9. The first-order valence-electron chi connectivity index (χ1n) is 11.8. The Hall–Kier alpha value is -2.26. The number of hydrogen-bond donors (Lipinski definition) is 0. The summed E-state index contributed by atoms with van der Waals surface area (Å²) in [6.45, 7) is 13.5. The van der Waals surface area contributed by atoms with E-state index in [1.165, 1.54) is 49.3 Å². The maximum Gasteiger partial charge on any atom is 0.120 e. The van der Waals surface area contributed by atoms with E-state index in [1.54, 1.807) is 12.2 Å². The molecule has 0 heterocycles. The summed E-state index contributed by atoms with van der Waals surface area (Å²) in [5.74, 6) is 2.57. The number of unbranched alkanes of at least 4 members (excludes halogenated alkanes) is 3. The van der Waals surface area contributed by atoms with E-state index in [-0.39, 0.29) is 0 Å². The highest BCUT2D eigenvalue weighted by atomic mass is 28.3. The average molecular weight is 437 g/mol. The zero-order valence-corrected chi connectivity index (χ0v) is 20.7. The van der Waals surface area contributed by atoms with Crippen molar-refractivity contribution in [1.29, 1.82) is 0 Å². The molecule has 2 rings (SSSR count). The van der Waals surface area contributed by atoms with E-state index in [4.69, 9.17) is 9.47 Å². The lowest BCUT2D eigenvalue weighted by Gasteiger charge is -2.20. The quantitative estimate of drug-likeness (QED) is 0.153. The molecule has 31 heavy (non-hydrogen) atoms. The van der Waals surface area contributed by atoms with Crippen LogP contribution in [0.3, 0.4) is 0 Å². The zero-order valence-electron chi connectivity index (χ0n) is 19.5. The first-order chi connectivity index (χ1) is 15.1. The van der Waals surface area contributed by atoms with Crippen molar-refractivity contribution in [2.24, 2.45) is 0 Å². The fourth-order valence-corrected chi connectivity index (χ4v) is 5.67. The van der Waals surface area contributed by atoms with Gasteiger partial charge in [-0.05, 0) is 60.6 Å². The predicted octanol–water partition coefficient (Wildman–Crippen LogP) is 7.58. The van der Waals surface area contributed by atoms with Crippen molar-refractivity contribution in [3.05, 3.63) is 85.0 Å². The molecule has 3 heteroatoms. The van der Waals surface area contributed by atoms with Crippen LogP contribution in [0.5, 0.6) is 11.5 Å². The molecule has 1 unspecified atom stereocenters. The Morgan fingerprint density at radius 3 is 2.16 bits per heavy atom. The van der Waals surface area contributed by atoms with Crippen molar-refractivity contribution in [2.75, 3.05) is 13.2 Å². The molecule has 0 saturated carbocycles. The summed E-state index contributed by atoms with van der Waals surface area (Å²) >= 11 is 0. The number of rotatable bonds is 16. The largest absolute Gasteiger partial charge is 0.490 e. The Morgan fingerprint density at radius 2 is 1.48 bits per heavy atom. The second-order valence-electron chi connectivity index (χ2n) is 8.70. The summed E-state index contributed by atoms with van der Waals surface area (Å²) in [5.41, 5.74) is 2.81. The molecule has 0 fully saturated rings. The molecule has 0 radical (unpaired) electrons. The van der Waals surface area contributed by atoms with Gasteiger partial charge in [0.15, 0.2) is 0 Å². The third-order valence-corrected chi connectivity index (χ3v) is 7.00. The highest BCUT2D eigenvalue weighted by Crippen LogP contribution is 2.30. The summed E-state index contributed by atoms with van der Waals surface area (Å²) in [7, 11) is -0.631. The Bertz CT molecular complexity index is 784. The van der Waals surface area contributed by atoms with Gasteiger partial charge in [0.2, 0.25) is 0 Å². The van der Waals surface area contributed by atoms with Gasteiger partial charge >= 0.3 is 0 Å². The van der Waals surface area contributed by atoms with Crippen LogP contribution in [-0.2, 0) is 6.42 Å². The van der Waals surface area contributed by atoms with Gasteiger partial charge in [-0.3, -0.25) is 0 Å². The van der Waals surface area contributed by atoms with Crippen molar-refractivity contribution in [2.45, 2.75) is 63.6 Å². The van der Waals surface area contributed by atoms with E-state index in [9.17, 15) is 0 Å². The maximum atomic E-state index is 5.76. The molecule has 2 nitrogen and oxygen atoms in total. The van der Waals surface area contributed by atoms with Crippen molar-refractivity contribution in [1.82, 2.24) is 0 Å². The van der Waals surface area contributed by atoms with Crippen LogP contribution in [0.25, 0.3) is 0 Å². The number of aryl methyl sites for hydroxylation is 1. The minimum atomic E-state index is -0.631. The highest BCUT2D eigenvalue weighted by Gasteiger charge is 2.14. The van der Waals surface area contributed by atoms with Crippen LogP contribution in [0.15, 0.2) is 73.8 Å². The summed E-state index contributed by atoms with van der Waals surface area (Å²) in [6, 6.07) is 18.5. The molecular formula is C28H40O2Si. The molecule has 1 atom stereocenters. The number of benzene rings is 2. The maximum absolute atomic E-state index is 5.76. The van der Waals surface area contributed by atoms with Crippen molar-refractivity contribution in [3.8, 4) is 11.5 Å². The van der Waals surface area contributed by atoms with Crippen LogP contribution < -0.4 is 9.47 Å². The molecule has 0 aliphatic heterocycles. The third-order valence-electron chi connectivity index (χ3n) is 5.49. The summed E-state index contributed by atoms with van der Waals surface area (Å²) in [4.78, 5) is 0. The van der Waals surface area contributed by atoms with E-state index in [0.717, 1.165) is 17.9 Å². The zero-order chi connectivity index (χ0) is 22.3. The van der Waals surface area contributed by atoms with Gasteiger partial charge in [-0.1, -0.05) is 88.0 Å². The fraction of sp³-hybridized carbons (Fsp3) is 0.429. The Labute approximate surface area is 191 Å². The van der Waals surface area contributed by atoms with Gasteiger partial charge in [0.05, 0.1) is 0 Å². The summed E-state index contributed by atoms with van der Waals surface area (Å²) in [6.07, 6.45) is 11.1. The van der Waals surface area contributed by atoms with Gasteiger partial charge in [0.1, 0.15) is 24.7 Å².